The molecule has 0 atom stereocenters. The van der Waals surface area contributed by atoms with Crippen molar-refractivity contribution >= 4 is 71.2 Å². The van der Waals surface area contributed by atoms with Gasteiger partial charge in [-0.15, -0.1) is 0 Å². The van der Waals surface area contributed by atoms with Crippen molar-refractivity contribution in [3.8, 4) is 33.6 Å². The predicted octanol–water partition coefficient (Wildman–Crippen LogP) is 12.6. The molecule has 1 aliphatic heterocycles. The minimum atomic E-state index is 0.876. The third-order valence-electron chi connectivity index (χ3n) is 11.7. The first-order valence-electron chi connectivity index (χ1n) is 19.6. The van der Waals surface area contributed by atoms with E-state index in [0.717, 1.165) is 57.5 Å². The molecule has 1 aliphatic rings. The first-order chi connectivity index (χ1) is 28.3. The number of fused-ring (bicyclic) bond motifs is 9. The molecule has 0 saturated carbocycles. The summed E-state index contributed by atoms with van der Waals surface area (Å²) < 4.78 is 11.3. The Hall–Kier alpha value is -7.50. The summed E-state index contributed by atoms with van der Waals surface area (Å²) in [7, 11) is 0. The second-order valence-corrected chi connectivity index (χ2v) is 15.0. The molecule has 5 nitrogen and oxygen atoms in total. The molecule has 0 saturated heterocycles. The van der Waals surface area contributed by atoms with Gasteiger partial charge in [0.2, 0.25) is 0 Å². The van der Waals surface area contributed by atoms with Crippen LogP contribution < -0.4 is 10.6 Å². The first-order valence-corrected chi connectivity index (χ1v) is 19.6. The molecule has 2 N–H and O–H groups in total. The predicted molar refractivity (Wildman–Crippen MR) is 237 cm³/mol. The molecule has 8 aromatic carbocycles. The van der Waals surface area contributed by atoms with Crippen LogP contribution in [0.25, 0.3) is 105 Å². The molecule has 3 aromatic heterocycles. The number of rotatable bonds is 5. The van der Waals surface area contributed by atoms with Crippen LogP contribution in [-0.4, -0.2) is 22.2 Å². The van der Waals surface area contributed by atoms with Gasteiger partial charge in [-0.05, 0) is 107 Å². The molecule has 0 unspecified atom stereocenters. The summed E-state index contributed by atoms with van der Waals surface area (Å²) in [6, 6.07) is 63.7. The summed E-state index contributed by atoms with van der Waals surface area (Å²) in [4.78, 5) is 0. The van der Waals surface area contributed by atoms with Crippen LogP contribution in [0.2, 0.25) is 0 Å². The average molecular weight is 733 g/mol. The van der Waals surface area contributed by atoms with Gasteiger partial charge in [0.25, 0.3) is 0 Å². The lowest BCUT2D eigenvalue weighted by molar-refractivity contribution is 0.669. The van der Waals surface area contributed by atoms with Gasteiger partial charge in [-0.3, -0.25) is 0 Å². The van der Waals surface area contributed by atoms with E-state index in [2.05, 4.69) is 202 Å². The zero-order valence-corrected chi connectivity index (χ0v) is 31.0. The second-order valence-electron chi connectivity index (χ2n) is 15.0. The Morgan fingerprint density at radius 3 is 1.75 bits per heavy atom. The van der Waals surface area contributed by atoms with E-state index in [1.807, 2.05) is 0 Å². The van der Waals surface area contributed by atoms with E-state index in [1.165, 1.54) is 66.0 Å². The molecule has 270 valence electrons. The molecule has 0 amide bonds. The van der Waals surface area contributed by atoms with Gasteiger partial charge in [0.1, 0.15) is 11.2 Å². The van der Waals surface area contributed by atoms with E-state index in [-0.39, 0.29) is 0 Å². The first kappa shape index (κ1) is 31.8. The molecule has 0 bridgehead atoms. The van der Waals surface area contributed by atoms with Gasteiger partial charge in [-0.1, -0.05) is 97.1 Å². The summed E-state index contributed by atoms with van der Waals surface area (Å²) in [5, 5.41) is 14.1. The topological polar surface area (TPSA) is 47.1 Å². The van der Waals surface area contributed by atoms with Crippen LogP contribution in [0.1, 0.15) is 5.56 Å². The Morgan fingerprint density at radius 1 is 0.404 bits per heavy atom. The number of hydrogen-bond donors (Lipinski definition) is 2. The van der Waals surface area contributed by atoms with E-state index in [0.29, 0.717) is 0 Å². The minimum absolute atomic E-state index is 0.876. The van der Waals surface area contributed by atoms with Crippen LogP contribution in [-0.2, 0) is 0 Å². The van der Waals surface area contributed by atoms with Gasteiger partial charge in [0, 0.05) is 51.9 Å². The minimum Gasteiger partial charge on any atom is -0.456 e. The van der Waals surface area contributed by atoms with E-state index < -0.39 is 0 Å². The lowest BCUT2D eigenvalue weighted by atomic mass is 9.97. The fraction of sp³-hybridized carbons (Fsp3) is 0.0385. The lowest BCUT2D eigenvalue weighted by Crippen LogP contribution is -2.29. The van der Waals surface area contributed by atoms with Crippen LogP contribution in [0.3, 0.4) is 0 Å². The molecule has 11 aromatic rings. The number of nitrogens with one attached hydrogen (secondary N) is 2. The Balaban J connectivity index is 0.992. The summed E-state index contributed by atoms with van der Waals surface area (Å²) in [6.45, 7) is 1.84. The molecule has 0 radical (unpaired) electrons. The standard InChI is InChI=1S/C52H36N4O/c1-2-12-38(13-3-1)55-45-16-6-4-14-39(45)41-29-35(20-23-47(41)55)33-10-8-11-34(28-33)36-22-25-50-43(30-36)52-49(18-9-19-51(52)57-50)56-46-17-7-5-15-40(46)42-31-37(21-24-48(42)56)44-32-53-26-27-54-44/h1-25,28-32,53-54H,26-27H2. The van der Waals surface area contributed by atoms with Crippen LogP contribution >= 0.6 is 0 Å². The van der Waals surface area contributed by atoms with Crippen molar-refractivity contribution in [3.63, 3.8) is 0 Å². The molecule has 0 spiro atoms. The second kappa shape index (κ2) is 12.5. The zero-order chi connectivity index (χ0) is 37.5. The number of hydrogen-bond acceptors (Lipinski definition) is 3. The van der Waals surface area contributed by atoms with E-state index in [4.69, 9.17) is 4.42 Å². The maximum atomic E-state index is 6.57. The van der Waals surface area contributed by atoms with Gasteiger partial charge in [-0.2, -0.15) is 0 Å². The SMILES string of the molecule is C1=C(c2ccc3c(c2)c2ccccc2n3-c2cccc3oc4ccc(-c5cccc(-c6ccc7c(c6)c6ccccc6n7-c6ccccc6)c5)cc4c23)NCCN1. The highest BCUT2D eigenvalue weighted by Crippen LogP contribution is 2.41. The van der Waals surface area contributed by atoms with Crippen molar-refractivity contribution in [2.75, 3.05) is 13.1 Å². The van der Waals surface area contributed by atoms with Gasteiger partial charge in [0.15, 0.2) is 0 Å². The smallest absolute Gasteiger partial charge is 0.137 e. The monoisotopic (exact) mass is 732 g/mol. The molecule has 5 heteroatoms. The Morgan fingerprint density at radius 2 is 1.00 bits per heavy atom. The highest BCUT2D eigenvalue weighted by Gasteiger charge is 2.20. The highest BCUT2D eigenvalue weighted by atomic mass is 16.3. The number of para-hydroxylation sites is 3. The van der Waals surface area contributed by atoms with Crippen LogP contribution in [0.15, 0.2) is 187 Å². The third-order valence-corrected chi connectivity index (χ3v) is 11.7. The molecule has 12 rings (SSSR count). The molecule has 57 heavy (non-hydrogen) atoms. The van der Waals surface area contributed by atoms with Gasteiger partial charge in [-0.25, -0.2) is 0 Å². The van der Waals surface area contributed by atoms with E-state index >= 15 is 0 Å². The van der Waals surface area contributed by atoms with Crippen molar-refractivity contribution in [1.82, 2.24) is 19.8 Å². The summed E-state index contributed by atoms with van der Waals surface area (Å²) in [5.41, 5.74) is 15.8. The molecular formula is C52H36N4O. The Kier molecular flexibility index (Phi) is 6.99. The zero-order valence-electron chi connectivity index (χ0n) is 31.0. The molecule has 4 heterocycles. The fourth-order valence-electron chi connectivity index (χ4n) is 9.14. The van der Waals surface area contributed by atoms with Crippen molar-refractivity contribution in [3.05, 3.63) is 188 Å². The van der Waals surface area contributed by atoms with Gasteiger partial charge in [0.05, 0.1) is 38.8 Å². The third kappa shape index (κ3) is 4.95. The summed E-state index contributed by atoms with van der Waals surface area (Å²) in [5.74, 6) is 0. The number of nitrogens with zero attached hydrogens (tertiary/aromatic N) is 2. The molecule has 0 fully saturated rings. The van der Waals surface area contributed by atoms with E-state index in [1.54, 1.807) is 0 Å². The van der Waals surface area contributed by atoms with E-state index in [9.17, 15) is 0 Å². The van der Waals surface area contributed by atoms with Crippen molar-refractivity contribution in [2.24, 2.45) is 0 Å². The quantitative estimate of drug-likeness (QED) is 0.185. The van der Waals surface area contributed by atoms with Crippen molar-refractivity contribution in [1.29, 1.82) is 0 Å². The summed E-state index contributed by atoms with van der Waals surface area (Å²) >= 11 is 0. The van der Waals surface area contributed by atoms with Gasteiger partial charge < -0.3 is 24.2 Å². The lowest BCUT2D eigenvalue weighted by Gasteiger charge is -2.17. The van der Waals surface area contributed by atoms with Gasteiger partial charge >= 0.3 is 0 Å². The number of aromatic nitrogens is 2. The largest absolute Gasteiger partial charge is 0.456 e. The number of furan rings is 1. The normalized spacial score (nSPS) is 13.2. The molecule has 0 aliphatic carbocycles. The van der Waals surface area contributed by atoms with Crippen LogP contribution in [0.4, 0.5) is 0 Å². The van der Waals surface area contributed by atoms with Crippen LogP contribution in [0.5, 0.6) is 0 Å². The maximum Gasteiger partial charge on any atom is 0.137 e. The fourth-order valence-corrected chi connectivity index (χ4v) is 9.14. The van der Waals surface area contributed by atoms with Crippen molar-refractivity contribution < 1.29 is 4.42 Å². The van der Waals surface area contributed by atoms with Crippen molar-refractivity contribution in [2.45, 2.75) is 0 Å². The Bertz CT molecular complexity index is 3420. The molecular weight excluding hydrogens is 697 g/mol. The summed E-state index contributed by atoms with van der Waals surface area (Å²) in [6.07, 6.45) is 2.08. The number of benzene rings is 8. The average Bonchev–Trinajstić information content (AvgIpc) is 3.94. The Labute approximate surface area is 328 Å². The highest BCUT2D eigenvalue weighted by molar-refractivity contribution is 6.15. The maximum absolute atomic E-state index is 6.57. The van der Waals surface area contributed by atoms with Crippen LogP contribution in [0, 0.1) is 0 Å².